The summed E-state index contributed by atoms with van der Waals surface area (Å²) in [5.41, 5.74) is 2.62. The van der Waals surface area contributed by atoms with E-state index in [4.69, 9.17) is 11.6 Å². The van der Waals surface area contributed by atoms with Crippen molar-refractivity contribution in [3.63, 3.8) is 0 Å². The topological polar surface area (TPSA) is 12.0 Å². The van der Waals surface area contributed by atoms with E-state index in [1.165, 1.54) is 42.7 Å². The van der Waals surface area contributed by atoms with Crippen LogP contribution in [-0.4, -0.2) is 0 Å². The van der Waals surface area contributed by atoms with Gasteiger partial charge in [0.05, 0.1) is 9.83 Å². The molecule has 100 valence electrons. The van der Waals surface area contributed by atoms with Crippen molar-refractivity contribution < 1.29 is 0 Å². The van der Waals surface area contributed by atoms with Crippen molar-refractivity contribution in [3.05, 3.63) is 47.1 Å². The van der Waals surface area contributed by atoms with Gasteiger partial charge in [0.25, 0.3) is 0 Å². The van der Waals surface area contributed by atoms with Crippen LogP contribution >= 0.6 is 61.5 Å². The number of hydrogen-bond acceptors (Lipinski definition) is 2. The first-order chi connectivity index (χ1) is 9.13. The maximum absolute atomic E-state index is 6.01. The van der Waals surface area contributed by atoms with Crippen molar-refractivity contribution in [3.8, 4) is 0 Å². The molecular weight excluding hydrogens is 456 g/mol. The zero-order chi connectivity index (χ0) is 13.4. The number of rotatable bonds is 2. The molecule has 0 saturated carbocycles. The summed E-state index contributed by atoms with van der Waals surface area (Å²) in [5, 5.41) is 4.45. The molecule has 1 N–H and O–H groups in total. The van der Waals surface area contributed by atoms with Gasteiger partial charge in [-0.1, -0.05) is 11.6 Å². The lowest BCUT2D eigenvalue weighted by Crippen LogP contribution is -2.16. The van der Waals surface area contributed by atoms with Crippen molar-refractivity contribution in [2.24, 2.45) is 0 Å². The lowest BCUT2D eigenvalue weighted by Gasteiger charge is -2.25. The summed E-state index contributed by atoms with van der Waals surface area (Å²) in [6.45, 7) is 0. The highest BCUT2D eigenvalue weighted by molar-refractivity contribution is 14.1. The lowest BCUT2D eigenvalue weighted by molar-refractivity contribution is 0.608. The maximum atomic E-state index is 6.01. The molecule has 0 radical (unpaired) electrons. The van der Waals surface area contributed by atoms with Gasteiger partial charge in [0, 0.05) is 19.2 Å². The number of anilines is 1. The first-order valence-electron chi connectivity index (χ1n) is 6.13. The fourth-order valence-corrected chi connectivity index (χ4v) is 5.31. The minimum absolute atomic E-state index is 0.418. The highest BCUT2D eigenvalue weighted by Gasteiger charge is 2.23. The van der Waals surface area contributed by atoms with Crippen molar-refractivity contribution in [1.82, 2.24) is 0 Å². The van der Waals surface area contributed by atoms with E-state index in [0.717, 1.165) is 5.02 Å². The van der Waals surface area contributed by atoms with Gasteiger partial charge in [0.1, 0.15) is 0 Å². The number of aryl methyl sites for hydroxylation is 1. The quantitative estimate of drug-likeness (QED) is 0.513. The van der Waals surface area contributed by atoms with E-state index in [9.17, 15) is 0 Å². The molecule has 1 aromatic heterocycles. The molecule has 0 spiro atoms. The Morgan fingerprint density at radius 2 is 2.21 bits per heavy atom. The Hall–Kier alpha value is 0.220. The normalized spacial score (nSPS) is 18.2. The molecule has 19 heavy (non-hydrogen) atoms. The van der Waals surface area contributed by atoms with Crippen LogP contribution in [0.25, 0.3) is 0 Å². The predicted molar refractivity (Wildman–Crippen MR) is 95.5 cm³/mol. The number of fused-ring (bicyclic) bond motifs is 1. The third-order valence-electron chi connectivity index (χ3n) is 3.34. The summed E-state index contributed by atoms with van der Waals surface area (Å²) in [6.07, 6.45) is 3.65. The number of hydrogen-bond donors (Lipinski definition) is 1. The lowest BCUT2D eigenvalue weighted by atomic mass is 9.94. The van der Waals surface area contributed by atoms with Crippen molar-refractivity contribution in [2.75, 3.05) is 5.32 Å². The van der Waals surface area contributed by atoms with Gasteiger partial charge in [-0.05, 0) is 87.6 Å². The molecule has 0 saturated heterocycles. The Morgan fingerprint density at radius 3 is 3.00 bits per heavy atom. The molecule has 1 heterocycles. The smallest absolute Gasteiger partial charge is 0.0705 e. The second-order valence-electron chi connectivity index (χ2n) is 4.64. The molecule has 1 aliphatic rings. The number of halogens is 3. The van der Waals surface area contributed by atoms with E-state index < -0.39 is 0 Å². The zero-order valence-corrected chi connectivity index (χ0v) is 15.4. The van der Waals surface area contributed by atoms with Gasteiger partial charge in [0.2, 0.25) is 0 Å². The van der Waals surface area contributed by atoms with Crippen LogP contribution in [0, 0.1) is 3.57 Å². The van der Waals surface area contributed by atoms with Crippen molar-refractivity contribution in [1.29, 1.82) is 0 Å². The first-order valence-corrected chi connectivity index (χ1v) is 9.20. The van der Waals surface area contributed by atoms with Crippen LogP contribution < -0.4 is 5.32 Å². The number of nitrogens with one attached hydrogen (secondary N) is 1. The Kier molecular flexibility index (Phi) is 4.41. The van der Waals surface area contributed by atoms with Crippen LogP contribution in [0.3, 0.4) is 0 Å². The van der Waals surface area contributed by atoms with Gasteiger partial charge in [-0.15, -0.1) is 11.3 Å². The van der Waals surface area contributed by atoms with E-state index >= 15 is 0 Å². The van der Waals surface area contributed by atoms with Crippen LogP contribution in [0.5, 0.6) is 0 Å². The fourth-order valence-electron chi connectivity index (χ4n) is 2.47. The van der Waals surface area contributed by atoms with Crippen LogP contribution in [0.15, 0.2) is 28.1 Å². The predicted octanol–water partition coefficient (Wildman–Crippen LogP) is 6.26. The minimum Gasteiger partial charge on any atom is -0.377 e. The fraction of sp³-hybridized carbons (Fsp3) is 0.286. The van der Waals surface area contributed by atoms with Gasteiger partial charge >= 0.3 is 0 Å². The SMILES string of the molecule is Clc1ccc(NC2CCCc3sc(Br)cc32)c(I)c1. The van der Waals surface area contributed by atoms with Gasteiger partial charge in [-0.3, -0.25) is 0 Å². The third kappa shape index (κ3) is 3.12. The third-order valence-corrected chi connectivity index (χ3v) is 6.19. The highest BCUT2D eigenvalue weighted by Crippen LogP contribution is 2.40. The van der Waals surface area contributed by atoms with Crippen LogP contribution in [0.1, 0.15) is 29.3 Å². The van der Waals surface area contributed by atoms with E-state index in [1.54, 1.807) is 0 Å². The minimum atomic E-state index is 0.418. The number of benzene rings is 1. The average Bonchev–Trinajstić information content (AvgIpc) is 2.74. The summed E-state index contributed by atoms with van der Waals surface area (Å²) in [5.74, 6) is 0. The summed E-state index contributed by atoms with van der Waals surface area (Å²) < 4.78 is 2.41. The molecule has 3 rings (SSSR count). The molecular formula is C14H12BrClINS. The van der Waals surface area contributed by atoms with Gasteiger partial charge in [-0.25, -0.2) is 0 Å². The molecule has 0 aliphatic heterocycles. The Bertz CT molecular complexity index is 613. The van der Waals surface area contributed by atoms with Gasteiger partial charge < -0.3 is 5.32 Å². The molecule has 0 amide bonds. The average molecular weight is 469 g/mol. The molecule has 0 bridgehead atoms. The van der Waals surface area contributed by atoms with E-state index in [1.807, 2.05) is 23.5 Å². The zero-order valence-electron chi connectivity index (χ0n) is 10.1. The standard InChI is InChI=1S/C14H12BrClINS/c15-14-7-9-11(2-1-3-13(9)19-14)18-12-5-4-8(16)6-10(12)17/h4-7,11,18H,1-3H2. The summed E-state index contributed by atoms with van der Waals surface area (Å²) in [4.78, 5) is 1.51. The maximum Gasteiger partial charge on any atom is 0.0705 e. The molecule has 1 unspecified atom stereocenters. The summed E-state index contributed by atoms with van der Waals surface area (Å²) in [6, 6.07) is 8.69. The van der Waals surface area contributed by atoms with Crippen LogP contribution in [0.4, 0.5) is 5.69 Å². The first kappa shape index (κ1) is 14.2. The molecule has 1 nitrogen and oxygen atoms in total. The summed E-state index contributed by atoms with van der Waals surface area (Å²) >= 11 is 13.8. The highest BCUT2D eigenvalue weighted by atomic mass is 127. The van der Waals surface area contributed by atoms with Crippen LogP contribution in [-0.2, 0) is 6.42 Å². The monoisotopic (exact) mass is 467 g/mol. The van der Waals surface area contributed by atoms with Gasteiger partial charge in [-0.2, -0.15) is 0 Å². The van der Waals surface area contributed by atoms with E-state index in [2.05, 4.69) is 56.0 Å². The molecule has 5 heteroatoms. The second kappa shape index (κ2) is 5.92. The molecule has 1 aromatic carbocycles. The molecule has 1 aliphatic carbocycles. The Balaban J connectivity index is 1.88. The van der Waals surface area contributed by atoms with E-state index in [0.29, 0.717) is 6.04 Å². The molecule has 2 aromatic rings. The summed E-state index contributed by atoms with van der Waals surface area (Å²) in [7, 11) is 0. The van der Waals surface area contributed by atoms with Crippen LogP contribution in [0.2, 0.25) is 5.02 Å². The Morgan fingerprint density at radius 1 is 1.37 bits per heavy atom. The largest absolute Gasteiger partial charge is 0.377 e. The van der Waals surface area contributed by atoms with Gasteiger partial charge in [0.15, 0.2) is 0 Å². The second-order valence-corrected chi connectivity index (χ2v) is 8.76. The Labute approximate surface area is 144 Å². The van der Waals surface area contributed by atoms with E-state index in [-0.39, 0.29) is 0 Å². The molecule has 1 atom stereocenters. The van der Waals surface area contributed by atoms with Crippen molar-refractivity contribution >= 4 is 67.1 Å². The number of thiophene rings is 1. The van der Waals surface area contributed by atoms with Crippen molar-refractivity contribution in [2.45, 2.75) is 25.3 Å². The molecule has 0 fully saturated rings.